The van der Waals surface area contributed by atoms with Crippen molar-refractivity contribution < 1.29 is 0 Å². The lowest BCUT2D eigenvalue weighted by Crippen LogP contribution is -2.37. The zero-order chi connectivity index (χ0) is 17.5. The third-order valence-electron chi connectivity index (χ3n) is 3.50. The molecule has 1 heterocycles. The van der Waals surface area contributed by atoms with Gasteiger partial charge in [0, 0.05) is 19.3 Å². The lowest BCUT2D eigenvalue weighted by atomic mass is 10.1. The number of aliphatic imine (C=N–C) groups is 1. The summed E-state index contributed by atoms with van der Waals surface area (Å²) in [5.41, 5.74) is 2.65. The van der Waals surface area contributed by atoms with E-state index in [1.165, 1.54) is 0 Å². The second-order valence-corrected chi connectivity index (χ2v) is 5.96. The van der Waals surface area contributed by atoms with Crippen molar-refractivity contribution in [1.82, 2.24) is 15.2 Å². The van der Waals surface area contributed by atoms with Gasteiger partial charge in [0.2, 0.25) is 0 Å². The molecular formula is C17H20Cl2IN5. The van der Waals surface area contributed by atoms with Crippen LogP contribution < -0.4 is 10.6 Å². The first-order valence-corrected chi connectivity index (χ1v) is 8.31. The number of nitriles is 1. The molecule has 0 amide bonds. The van der Waals surface area contributed by atoms with E-state index < -0.39 is 0 Å². The van der Waals surface area contributed by atoms with Crippen LogP contribution in [-0.4, -0.2) is 17.1 Å². The van der Waals surface area contributed by atoms with Gasteiger partial charge in [0.05, 0.1) is 29.7 Å². The summed E-state index contributed by atoms with van der Waals surface area (Å²) in [5, 5.41) is 16.3. The molecular weight excluding hydrogens is 472 g/mol. The Morgan fingerprint density at radius 2 is 1.92 bits per heavy atom. The van der Waals surface area contributed by atoms with Gasteiger partial charge in [-0.25, -0.2) is 4.99 Å². The molecule has 0 aliphatic carbocycles. The SMILES string of the molecule is CCNC(=NCc1ccc(C#N)cc1)NCc1cc(Cl)c(Cl)n1C.I. The minimum atomic E-state index is 0. The van der Waals surface area contributed by atoms with E-state index in [0.29, 0.717) is 34.8 Å². The Hall–Kier alpha value is -1.43. The van der Waals surface area contributed by atoms with Crippen LogP contribution >= 0.6 is 47.2 Å². The van der Waals surface area contributed by atoms with Crippen LogP contribution in [0.3, 0.4) is 0 Å². The van der Waals surface area contributed by atoms with Crippen molar-refractivity contribution >= 4 is 53.1 Å². The van der Waals surface area contributed by atoms with Crippen LogP contribution in [0.4, 0.5) is 0 Å². The van der Waals surface area contributed by atoms with E-state index in [-0.39, 0.29) is 24.0 Å². The van der Waals surface area contributed by atoms with Gasteiger partial charge in [-0.15, -0.1) is 24.0 Å². The second kappa shape index (κ2) is 10.5. The fourth-order valence-corrected chi connectivity index (χ4v) is 2.55. The van der Waals surface area contributed by atoms with E-state index in [0.717, 1.165) is 17.8 Å². The van der Waals surface area contributed by atoms with Crippen molar-refractivity contribution in [2.24, 2.45) is 12.0 Å². The third-order valence-corrected chi connectivity index (χ3v) is 4.34. The fourth-order valence-electron chi connectivity index (χ4n) is 2.13. The molecule has 0 spiro atoms. The molecule has 8 heteroatoms. The Balaban J connectivity index is 0.00000312. The molecule has 134 valence electrons. The molecule has 2 rings (SSSR count). The highest BCUT2D eigenvalue weighted by Gasteiger charge is 2.09. The minimum Gasteiger partial charge on any atom is -0.357 e. The molecule has 0 unspecified atom stereocenters. The lowest BCUT2D eigenvalue weighted by molar-refractivity contribution is 0.752. The number of rotatable bonds is 5. The van der Waals surface area contributed by atoms with Gasteiger partial charge >= 0.3 is 0 Å². The van der Waals surface area contributed by atoms with Crippen LogP contribution in [0.1, 0.15) is 23.7 Å². The van der Waals surface area contributed by atoms with Gasteiger partial charge in [0.1, 0.15) is 5.15 Å². The van der Waals surface area contributed by atoms with Gasteiger partial charge in [0.15, 0.2) is 5.96 Å². The summed E-state index contributed by atoms with van der Waals surface area (Å²) < 4.78 is 1.83. The largest absolute Gasteiger partial charge is 0.357 e. The van der Waals surface area contributed by atoms with Crippen molar-refractivity contribution in [2.45, 2.75) is 20.0 Å². The normalized spacial score (nSPS) is 10.8. The predicted octanol–water partition coefficient (Wildman–Crippen LogP) is 4.08. The zero-order valence-electron chi connectivity index (χ0n) is 14.0. The molecule has 0 fully saturated rings. The van der Waals surface area contributed by atoms with Gasteiger partial charge in [-0.3, -0.25) is 0 Å². The zero-order valence-corrected chi connectivity index (χ0v) is 17.9. The summed E-state index contributed by atoms with van der Waals surface area (Å²) in [6.07, 6.45) is 0. The first-order chi connectivity index (χ1) is 11.5. The molecule has 0 bridgehead atoms. The molecule has 25 heavy (non-hydrogen) atoms. The van der Waals surface area contributed by atoms with E-state index in [1.807, 2.05) is 36.7 Å². The number of nitrogens with zero attached hydrogens (tertiary/aromatic N) is 3. The summed E-state index contributed by atoms with van der Waals surface area (Å²) in [6.45, 7) is 3.85. The fraction of sp³-hybridized carbons (Fsp3) is 0.294. The Morgan fingerprint density at radius 3 is 2.44 bits per heavy atom. The number of hydrogen-bond acceptors (Lipinski definition) is 2. The van der Waals surface area contributed by atoms with Gasteiger partial charge < -0.3 is 15.2 Å². The van der Waals surface area contributed by atoms with Gasteiger partial charge in [-0.2, -0.15) is 5.26 Å². The molecule has 0 aliphatic rings. The van der Waals surface area contributed by atoms with Crippen molar-refractivity contribution in [3.63, 3.8) is 0 Å². The van der Waals surface area contributed by atoms with Crippen LogP contribution in [0.5, 0.6) is 0 Å². The maximum absolute atomic E-state index is 8.82. The number of benzene rings is 1. The molecule has 2 aromatic rings. The third kappa shape index (κ3) is 6.10. The monoisotopic (exact) mass is 491 g/mol. The Kier molecular flexibility index (Phi) is 9.11. The van der Waals surface area contributed by atoms with E-state index >= 15 is 0 Å². The highest BCUT2D eigenvalue weighted by atomic mass is 127. The summed E-state index contributed by atoms with van der Waals surface area (Å²) in [4.78, 5) is 4.55. The quantitative estimate of drug-likeness (QED) is 0.376. The highest BCUT2D eigenvalue weighted by molar-refractivity contribution is 14.0. The number of aromatic nitrogens is 1. The molecule has 0 atom stereocenters. The minimum absolute atomic E-state index is 0. The van der Waals surface area contributed by atoms with E-state index in [2.05, 4.69) is 21.7 Å². The Bertz CT molecular complexity index is 763. The number of guanidine groups is 1. The maximum atomic E-state index is 8.82. The first kappa shape index (κ1) is 21.6. The lowest BCUT2D eigenvalue weighted by Gasteiger charge is -2.12. The summed E-state index contributed by atoms with van der Waals surface area (Å²) in [5.74, 6) is 0.704. The van der Waals surface area contributed by atoms with Crippen molar-refractivity contribution in [3.8, 4) is 6.07 Å². The van der Waals surface area contributed by atoms with Crippen LogP contribution in [-0.2, 0) is 20.1 Å². The second-order valence-electron chi connectivity index (χ2n) is 5.19. The molecule has 1 aromatic heterocycles. The smallest absolute Gasteiger partial charge is 0.191 e. The average Bonchev–Trinajstić information content (AvgIpc) is 2.85. The molecule has 0 saturated carbocycles. The van der Waals surface area contributed by atoms with Gasteiger partial charge in [0.25, 0.3) is 0 Å². The van der Waals surface area contributed by atoms with Crippen molar-refractivity contribution in [1.29, 1.82) is 5.26 Å². The summed E-state index contributed by atoms with van der Waals surface area (Å²) >= 11 is 12.1. The Morgan fingerprint density at radius 1 is 1.24 bits per heavy atom. The molecule has 1 aromatic carbocycles. The van der Waals surface area contributed by atoms with Crippen LogP contribution in [0.25, 0.3) is 0 Å². The van der Waals surface area contributed by atoms with Gasteiger partial charge in [-0.1, -0.05) is 35.3 Å². The van der Waals surface area contributed by atoms with Crippen LogP contribution in [0.2, 0.25) is 10.2 Å². The molecule has 0 aliphatic heterocycles. The molecule has 2 N–H and O–H groups in total. The van der Waals surface area contributed by atoms with E-state index in [9.17, 15) is 0 Å². The molecule has 5 nitrogen and oxygen atoms in total. The topological polar surface area (TPSA) is 65.1 Å². The molecule has 0 radical (unpaired) electrons. The number of halogens is 3. The van der Waals surface area contributed by atoms with Crippen LogP contribution in [0.15, 0.2) is 35.3 Å². The standard InChI is InChI=1S/C17H19Cl2N5.HI/c1-3-21-17(22-10-13-6-4-12(9-20)5-7-13)23-11-14-8-15(18)16(19)24(14)2;/h4-8H,3,10-11H2,1-2H3,(H2,21,22,23);1H. The number of nitrogens with one attached hydrogen (secondary N) is 2. The van der Waals surface area contributed by atoms with Crippen LogP contribution in [0, 0.1) is 11.3 Å². The van der Waals surface area contributed by atoms with E-state index in [4.69, 9.17) is 28.5 Å². The van der Waals surface area contributed by atoms with Crippen molar-refractivity contribution in [3.05, 3.63) is 57.3 Å². The van der Waals surface area contributed by atoms with E-state index in [1.54, 1.807) is 12.1 Å². The summed E-state index contributed by atoms with van der Waals surface area (Å²) in [7, 11) is 1.87. The van der Waals surface area contributed by atoms with Crippen molar-refractivity contribution in [2.75, 3.05) is 6.54 Å². The predicted molar refractivity (Wildman–Crippen MR) is 114 cm³/mol. The maximum Gasteiger partial charge on any atom is 0.191 e. The number of hydrogen-bond donors (Lipinski definition) is 2. The van der Waals surface area contributed by atoms with Gasteiger partial charge in [-0.05, 0) is 30.7 Å². The Labute approximate surface area is 175 Å². The first-order valence-electron chi connectivity index (χ1n) is 7.56. The molecule has 0 saturated heterocycles. The highest BCUT2D eigenvalue weighted by Crippen LogP contribution is 2.24. The summed E-state index contributed by atoms with van der Waals surface area (Å²) in [6, 6.07) is 11.3. The average molecular weight is 492 g/mol.